The molecule has 3 heterocycles. The van der Waals surface area contributed by atoms with E-state index in [-0.39, 0.29) is 11.8 Å². The second-order valence-electron chi connectivity index (χ2n) is 7.92. The number of aromatic nitrogens is 1. The molecule has 0 bridgehead atoms. The molecule has 0 spiro atoms. The summed E-state index contributed by atoms with van der Waals surface area (Å²) < 4.78 is 11.2. The zero-order chi connectivity index (χ0) is 23.3. The van der Waals surface area contributed by atoms with E-state index in [2.05, 4.69) is 20.5 Å². The van der Waals surface area contributed by atoms with Gasteiger partial charge in [0.1, 0.15) is 5.75 Å². The average Bonchev–Trinajstić information content (AvgIpc) is 3.32. The van der Waals surface area contributed by atoms with Gasteiger partial charge < -0.3 is 25.0 Å². The molecule has 1 atom stereocenters. The van der Waals surface area contributed by atoms with Crippen molar-refractivity contribution < 1.29 is 19.1 Å². The van der Waals surface area contributed by atoms with Crippen molar-refractivity contribution in [2.45, 2.75) is 12.5 Å². The van der Waals surface area contributed by atoms with Gasteiger partial charge >= 0.3 is 0 Å². The normalized spacial score (nSPS) is 17.7. The zero-order valence-corrected chi connectivity index (χ0v) is 19.2. The third-order valence-electron chi connectivity index (χ3n) is 5.55. The van der Waals surface area contributed by atoms with E-state index in [0.717, 1.165) is 47.6 Å². The van der Waals surface area contributed by atoms with Crippen LogP contribution < -0.4 is 20.3 Å². The Balaban J connectivity index is 1.14. The monoisotopic (exact) mass is 476 g/mol. The predicted octanol–water partition coefficient (Wildman–Crippen LogP) is 3.57. The summed E-state index contributed by atoms with van der Waals surface area (Å²) in [6, 6.07) is 15.1. The largest absolute Gasteiger partial charge is 0.478 e. The molecular weight excluding hydrogens is 452 g/mol. The molecule has 0 aliphatic carbocycles. The number of thiazole rings is 1. The van der Waals surface area contributed by atoms with E-state index >= 15 is 0 Å². The van der Waals surface area contributed by atoms with Gasteiger partial charge in [0, 0.05) is 48.0 Å². The third-order valence-corrected chi connectivity index (χ3v) is 6.53. The van der Waals surface area contributed by atoms with Crippen molar-refractivity contribution in [2.24, 2.45) is 0 Å². The molecule has 0 saturated carbocycles. The number of ether oxygens (including phenoxy) is 2. The number of para-hydroxylation sites is 2. The molecule has 2 amide bonds. The topological polar surface area (TPSA) is 92.8 Å². The molecule has 2 aliphatic heterocycles. The van der Waals surface area contributed by atoms with Gasteiger partial charge in [-0.25, -0.2) is 4.98 Å². The van der Waals surface area contributed by atoms with E-state index in [4.69, 9.17) is 9.47 Å². The first kappa shape index (κ1) is 22.1. The molecule has 8 nitrogen and oxygen atoms in total. The molecule has 5 rings (SSSR count). The maximum absolute atomic E-state index is 12.3. The van der Waals surface area contributed by atoms with Gasteiger partial charge in [0.05, 0.1) is 23.9 Å². The molecule has 0 radical (unpaired) electrons. The lowest BCUT2D eigenvalue weighted by atomic mass is 10.2. The Morgan fingerprint density at radius 1 is 1.18 bits per heavy atom. The minimum absolute atomic E-state index is 0.190. The van der Waals surface area contributed by atoms with Crippen LogP contribution in [0.2, 0.25) is 0 Å². The molecule has 174 valence electrons. The maximum Gasteiger partial charge on any atom is 0.265 e. The lowest BCUT2D eigenvalue weighted by Crippen LogP contribution is -2.38. The van der Waals surface area contributed by atoms with Gasteiger partial charge in [-0.1, -0.05) is 12.1 Å². The predicted molar refractivity (Wildman–Crippen MR) is 132 cm³/mol. The number of carbonyl (C=O) groups excluding carboxylic acids is 2. The Kier molecular flexibility index (Phi) is 6.55. The molecule has 2 N–H and O–H groups in total. The number of nitrogens with zero attached hydrogens (tertiary/aromatic N) is 2. The van der Waals surface area contributed by atoms with Crippen LogP contribution in [0.15, 0.2) is 60.8 Å². The SMILES string of the molecule is O=C(/C=C/c1cnc(CC2Oc3ccccc3NC2=O)s1)Nc1ccc(N2CCOCC2)cc1. The van der Waals surface area contributed by atoms with Crippen LogP contribution in [0.4, 0.5) is 17.1 Å². The van der Waals surface area contributed by atoms with Crippen molar-refractivity contribution in [1.82, 2.24) is 4.98 Å². The van der Waals surface area contributed by atoms with Crippen LogP contribution in [0.5, 0.6) is 5.75 Å². The molecular formula is C25H24N4O4S. The van der Waals surface area contributed by atoms with Gasteiger partial charge in [0.15, 0.2) is 6.10 Å². The Hall–Kier alpha value is -3.69. The standard InChI is InChI=1S/C25H24N4O4S/c30-23(27-17-5-7-18(8-6-17)29-11-13-32-14-12-29)10-9-19-16-26-24(34-19)15-22-25(31)28-20-3-1-2-4-21(20)33-22/h1-10,16,22H,11-15H2,(H,27,30)(H,28,31)/b10-9+. The Bertz CT molecular complexity index is 1200. The number of carbonyl (C=O) groups is 2. The first-order valence-corrected chi connectivity index (χ1v) is 11.9. The van der Waals surface area contributed by atoms with E-state index in [1.165, 1.54) is 17.4 Å². The third kappa shape index (κ3) is 5.27. The van der Waals surface area contributed by atoms with Crippen molar-refractivity contribution in [1.29, 1.82) is 0 Å². The molecule has 9 heteroatoms. The summed E-state index contributed by atoms with van der Waals surface area (Å²) in [5.74, 6) is 0.240. The lowest BCUT2D eigenvalue weighted by molar-refractivity contribution is -0.123. The van der Waals surface area contributed by atoms with Crippen LogP contribution in [0.25, 0.3) is 6.08 Å². The first-order chi connectivity index (χ1) is 16.6. The second kappa shape index (κ2) is 10.1. The van der Waals surface area contributed by atoms with Gasteiger partial charge in [0.25, 0.3) is 5.91 Å². The molecule has 34 heavy (non-hydrogen) atoms. The number of nitrogens with one attached hydrogen (secondary N) is 2. The highest BCUT2D eigenvalue weighted by molar-refractivity contribution is 7.12. The van der Waals surface area contributed by atoms with Crippen LogP contribution in [0.1, 0.15) is 9.88 Å². The Labute approximate surface area is 201 Å². The smallest absolute Gasteiger partial charge is 0.265 e. The minimum Gasteiger partial charge on any atom is -0.478 e. The number of hydrogen-bond donors (Lipinski definition) is 2. The van der Waals surface area contributed by atoms with Crippen LogP contribution in [-0.2, 0) is 20.7 Å². The highest BCUT2D eigenvalue weighted by atomic mass is 32.1. The molecule has 1 unspecified atom stereocenters. The summed E-state index contributed by atoms with van der Waals surface area (Å²) in [6.45, 7) is 3.21. The Morgan fingerprint density at radius 3 is 2.79 bits per heavy atom. The number of fused-ring (bicyclic) bond motifs is 1. The molecule has 1 fully saturated rings. The lowest BCUT2D eigenvalue weighted by Gasteiger charge is -2.28. The Morgan fingerprint density at radius 2 is 1.97 bits per heavy atom. The summed E-state index contributed by atoms with van der Waals surface area (Å²) in [6.07, 6.45) is 4.61. The van der Waals surface area contributed by atoms with E-state index < -0.39 is 6.10 Å². The number of morpholine rings is 1. The van der Waals surface area contributed by atoms with Crippen molar-refractivity contribution in [3.63, 3.8) is 0 Å². The highest BCUT2D eigenvalue weighted by Gasteiger charge is 2.28. The van der Waals surface area contributed by atoms with Crippen molar-refractivity contribution in [3.05, 3.63) is 70.7 Å². The van der Waals surface area contributed by atoms with Crippen LogP contribution in [0.3, 0.4) is 0 Å². The van der Waals surface area contributed by atoms with Gasteiger partial charge in [-0.15, -0.1) is 11.3 Å². The minimum atomic E-state index is -0.637. The van der Waals surface area contributed by atoms with Crippen molar-refractivity contribution in [3.8, 4) is 5.75 Å². The van der Waals surface area contributed by atoms with E-state index in [9.17, 15) is 9.59 Å². The molecule has 1 aromatic heterocycles. The fourth-order valence-corrected chi connectivity index (χ4v) is 4.65. The molecule has 2 aliphatic rings. The highest BCUT2D eigenvalue weighted by Crippen LogP contribution is 2.30. The summed E-state index contributed by atoms with van der Waals surface area (Å²) in [7, 11) is 0. The summed E-state index contributed by atoms with van der Waals surface area (Å²) in [5, 5.41) is 6.49. The summed E-state index contributed by atoms with van der Waals surface area (Å²) >= 11 is 1.42. The number of anilines is 3. The van der Waals surface area contributed by atoms with Crippen molar-refractivity contribution in [2.75, 3.05) is 41.8 Å². The van der Waals surface area contributed by atoms with Crippen LogP contribution in [0, 0.1) is 0 Å². The number of amides is 2. The number of rotatable bonds is 6. The summed E-state index contributed by atoms with van der Waals surface area (Å²) in [5.41, 5.74) is 2.53. The molecule has 1 saturated heterocycles. The molecule has 2 aromatic carbocycles. The second-order valence-corrected chi connectivity index (χ2v) is 9.07. The first-order valence-electron chi connectivity index (χ1n) is 11.1. The maximum atomic E-state index is 12.3. The number of hydrogen-bond acceptors (Lipinski definition) is 7. The number of benzene rings is 2. The van der Waals surface area contributed by atoms with E-state index in [0.29, 0.717) is 17.9 Å². The quantitative estimate of drug-likeness (QED) is 0.529. The van der Waals surface area contributed by atoms with Crippen molar-refractivity contribution >= 4 is 46.3 Å². The fraction of sp³-hybridized carbons (Fsp3) is 0.240. The average molecular weight is 477 g/mol. The summed E-state index contributed by atoms with van der Waals surface area (Å²) in [4.78, 5) is 32.1. The van der Waals surface area contributed by atoms with Crippen LogP contribution in [-0.4, -0.2) is 49.2 Å². The van der Waals surface area contributed by atoms with E-state index in [1.807, 2.05) is 42.5 Å². The molecule has 3 aromatic rings. The zero-order valence-electron chi connectivity index (χ0n) is 18.4. The van der Waals surface area contributed by atoms with Gasteiger partial charge in [-0.2, -0.15) is 0 Å². The van der Waals surface area contributed by atoms with E-state index in [1.54, 1.807) is 18.3 Å². The van der Waals surface area contributed by atoms with Crippen LogP contribution >= 0.6 is 11.3 Å². The van der Waals surface area contributed by atoms with Gasteiger partial charge in [-0.3, -0.25) is 9.59 Å². The fourth-order valence-electron chi connectivity index (χ4n) is 3.80. The van der Waals surface area contributed by atoms with Gasteiger partial charge in [0.2, 0.25) is 5.91 Å². The van der Waals surface area contributed by atoms with Gasteiger partial charge in [-0.05, 0) is 42.5 Å².